The lowest BCUT2D eigenvalue weighted by Gasteiger charge is -2.08. The van der Waals surface area contributed by atoms with E-state index in [9.17, 15) is 4.39 Å². The molecule has 1 aromatic carbocycles. The zero-order valence-electron chi connectivity index (χ0n) is 12.2. The largest absolute Gasteiger partial charge is 0.383 e. The predicted octanol–water partition coefficient (Wildman–Crippen LogP) is 2.77. The molecule has 0 saturated carbocycles. The highest BCUT2D eigenvalue weighted by atomic mass is 35.5. The summed E-state index contributed by atoms with van der Waals surface area (Å²) in [6.07, 6.45) is 1.80. The van der Waals surface area contributed by atoms with Crippen molar-refractivity contribution in [3.8, 4) is 0 Å². The average molecular weight is 312 g/mol. The fourth-order valence-corrected chi connectivity index (χ4v) is 2.24. The van der Waals surface area contributed by atoms with Gasteiger partial charge in [-0.3, -0.25) is 4.68 Å². The van der Waals surface area contributed by atoms with E-state index in [1.807, 2.05) is 6.92 Å². The van der Waals surface area contributed by atoms with Gasteiger partial charge in [0, 0.05) is 37.0 Å². The lowest BCUT2D eigenvalue weighted by molar-refractivity contribution is 0.199. The molecule has 1 aromatic heterocycles. The van der Waals surface area contributed by atoms with Crippen LogP contribution in [0.3, 0.4) is 0 Å². The van der Waals surface area contributed by atoms with Crippen LogP contribution < -0.4 is 5.32 Å². The van der Waals surface area contributed by atoms with Gasteiger partial charge in [0.15, 0.2) is 0 Å². The van der Waals surface area contributed by atoms with Crippen molar-refractivity contribution in [2.75, 3.05) is 20.3 Å². The molecule has 0 unspecified atom stereocenters. The van der Waals surface area contributed by atoms with Crippen LogP contribution in [0.15, 0.2) is 24.4 Å². The summed E-state index contributed by atoms with van der Waals surface area (Å²) in [5.74, 6) is -0.381. The van der Waals surface area contributed by atoms with Crippen molar-refractivity contribution in [2.45, 2.75) is 20.0 Å². The van der Waals surface area contributed by atoms with Crippen LogP contribution in [0, 0.1) is 12.7 Å². The molecule has 21 heavy (non-hydrogen) atoms. The molecule has 0 amide bonds. The molecule has 2 aromatic rings. The summed E-state index contributed by atoms with van der Waals surface area (Å²) in [6.45, 7) is 4.51. The first-order valence-corrected chi connectivity index (χ1v) is 7.15. The lowest BCUT2D eigenvalue weighted by atomic mass is 10.2. The number of nitrogens with one attached hydrogen (secondary N) is 1. The fraction of sp³-hybridized carbons (Fsp3) is 0.400. The molecular formula is C15H19ClFN3O. The number of hydrogen-bond acceptors (Lipinski definition) is 3. The van der Waals surface area contributed by atoms with Gasteiger partial charge in [-0.1, -0.05) is 23.7 Å². The SMILES string of the molecule is COCCNCc1cnn(Cc2cccc(Cl)c2F)c1C. The molecule has 0 aliphatic carbocycles. The van der Waals surface area contributed by atoms with Crippen molar-refractivity contribution in [1.29, 1.82) is 0 Å². The second-order valence-corrected chi connectivity index (χ2v) is 5.20. The van der Waals surface area contributed by atoms with Crippen LogP contribution in [0.25, 0.3) is 0 Å². The van der Waals surface area contributed by atoms with Crippen LogP contribution in [0.4, 0.5) is 4.39 Å². The summed E-state index contributed by atoms with van der Waals surface area (Å²) in [5, 5.41) is 7.72. The van der Waals surface area contributed by atoms with Crippen molar-refractivity contribution in [3.05, 3.63) is 52.1 Å². The molecule has 1 N–H and O–H groups in total. The monoisotopic (exact) mass is 311 g/mol. The predicted molar refractivity (Wildman–Crippen MR) is 81.1 cm³/mol. The van der Waals surface area contributed by atoms with E-state index in [1.54, 1.807) is 36.2 Å². The number of methoxy groups -OCH3 is 1. The van der Waals surface area contributed by atoms with Gasteiger partial charge in [0.25, 0.3) is 0 Å². The highest BCUT2D eigenvalue weighted by molar-refractivity contribution is 6.30. The standard InChI is InChI=1S/C15H19ClFN3O/c1-11-13(8-18-6-7-21-2)9-19-20(11)10-12-4-3-5-14(16)15(12)17/h3-5,9,18H,6-8,10H2,1-2H3. The smallest absolute Gasteiger partial charge is 0.146 e. The van der Waals surface area contributed by atoms with Gasteiger partial charge in [-0.15, -0.1) is 0 Å². The van der Waals surface area contributed by atoms with Crippen LogP contribution in [0.2, 0.25) is 5.02 Å². The molecule has 6 heteroatoms. The molecule has 114 valence electrons. The Kier molecular flexibility index (Phi) is 5.73. The summed E-state index contributed by atoms with van der Waals surface area (Å²) in [4.78, 5) is 0. The summed E-state index contributed by atoms with van der Waals surface area (Å²) in [6, 6.07) is 5.01. The Bertz CT molecular complexity index is 601. The maximum absolute atomic E-state index is 13.9. The number of hydrogen-bond donors (Lipinski definition) is 1. The Morgan fingerprint density at radius 3 is 2.95 bits per heavy atom. The van der Waals surface area contributed by atoms with E-state index in [1.165, 1.54) is 0 Å². The van der Waals surface area contributed by atoms with Crippen LogP contribution in [-0.2, 0) is 17.8 Å². The van der Waals surface area contributed by atoms with E-state index < -0.39 is 0 Å². The summed E-state index contributed by atoms with van der Waals surface area (Å²) in [5.41, 5.74) is 2.64. The highest BCUT2D eigenvalue weighted by Crippen LogP contribution is 2.19. The van der Waals surface area contributed by atoms with E-state index in [0.29, 0.717) is 25.3 Å². The molecule has 4 nitrogen and oxygen atoms in total. The molecule has 2 rings (SSSR count). The molecule has 0 bridgehead atoms. The molecule has 0 atom stereocenters. The quantitative estimate of drug-likeness (QED) is 0.799. The van der Waals surface area contributed by atoms with Crippen molar-refractivity contribution >= 4 is 11.6 Å². The van der Waals surface area contributed by atoms with Gasteiger partial charge in [0.2, 0.25) is 0 Å². The average Bonchev–Trinajstić information content (AvgIpc) is 2.81. The second kappa shape index (κ2) is 7.54. The Morgan fingerprint density at radius 2 is 2.19 bits per heavy atom. The number of ether oxygens (including phenoxy) is 1. The first-order valence-electron chi connectivity index (χ1n) is 6.77. The molecule has 0 aliphatic heterocycles. The molecule has 0 aliphatic rings. The number of aromatic nitrogens is 2. The fourth-order valence-electron chi connectivity index (χ4n) is 2.05. The normalized spacial score (nSPS) is 11.0. The molecule has 0 saturated heterocycles. The van der Waals surface area contributed by atoms with Crippen molar-refractivity contribution in [1.82, 2.24) is 15.1 Å². The zero-order valence-corrected chi connectivity index (χ0v) is 13.0. The first kappa shape index (κ1) is 15.9. The number of rotatable bonds is 7. The van der Waals surface area contributed by atoms with E-state index in [4.69, 9.17) is 16.3 Å². The molecule has 0 spiro atoms. The Labute approximate surface area is 128 Å². The lowest BCUT2D eigenvalue weighted by Crippen LogP contribution is -2.19. The minimum Gasteiger partial charge on any atom is -0.383 e. The van der Waals surface area contributed by atoms with Gasteiger partial charge in [-0.05, 0) is 13.0 Å². The van der Waals surface area contributed by atoms with Gasteiger partial charge in [-0.25, -0.2) is 4.39 Å². The Morgan fingerprint density at radius 1 is 1.38 bits per heavy atom. The van der Waals surface area contributed by atoms with E-state index >= 15 is 0 Å². The third-order valence-electron chi connectivity index (χ3n) is 3.35. The van der Waals surface area contributed by atoms with Crippen LogP contribution in [-0.4, -0.2) is 30.0 Å². The van der Waals surface area contributed by atoms with Crippen molar-refractivity contribution in [2.24, 2.45) is 0 Å². The van der Waals surface area contributed by atoms with E-state index in [0.717, 1.165) is 17.8 Å². The van der Waals surface area contributed by atoms with Crippen molar-refractivity contribution in [3.63, 3.8) is 0 Å². The highest BCUT2D eigenvalue weighted by Gasteiger charge is 2.10. The zero-order chi connectivity index (χ0) is 15.2. The minimum atomic E-state index is -0.381. The summed E-state index contributed by atoms with van der Waals surface area (Å²) < 4.78 is 20.7. The van der Waals surface area contributed by atoms with Crippen molar-refractivity contribution < 1.29 is 9.13 Å². The van der Waals surface area contributed by atoms with E-state index in [-0.39, 0.29) is 10.8 Å². The number of halogens is 2. The van der Waals surface area contributed by atoms with Gasteiger partial charge in [-0.2, -0.15) is 5.10 Å². The topological polar surface area (TPSA) is 39.1 Å². The molecule has 0 radical (unpaired) electrons. The second-order valence-electron chi connectivity index (χ2n) is 4.80. The third kappa shape index (κ3) is 4.03. The van der Waals surface area contributed by atoms with Crippen LogP contribution in [0.1, 0.15) is 16.8 Å². The van der Waals surface area contributed by atoms with Gasteiger partial charge < -0.3 is 10.1 Å². The first-order chi connectivity index (χ1) is 10.1. The van der Waals surface area contributed by atoms with Crippen LogP contribution >= 0.6 is 11.6 Å². The Balaban J connectivity index is 2.04. The molecule has 1 heterocycles. The van der Waals surface area contributed by atoms with Gasteiger partial charge in [0.1, 0.15) is 5.82 Å². The number of benzene rings is 1. The van der Waals surface area contributed by atoms with Crippen LogP contribution in [0.5, 0.6) is 0 Å². The van der Waals surface area contributed by atoms with E-state index in [2.05, 4.69) is 10.4 Å². The summed E-state index contributed by atoms with van der Waals surface area (Å²) >= 11 is 5.80. The Hall–Kier alpha value is -1.43. The molecule has 0 fully saturated rings. The minimum absolute atomic E-state index is 0.138. The third-order valence-corrected chi connectivity index (χ3v) is 3.65. The maximum atomic E-state index is 13.9. The number of nitrogens with zero attached hydrogens (tertiary/aromatic N) is 2. The van der Waals surface area contributed by atoms with Gasteiger partial charge in [0.05, 0.1) is 24.4 Å². The summed E-state index contributed by atoms with van der Waals surface area (Å²) in [7, 11) is 1.67. The molecular weight excluding hydrogens is 293 g/mol. The van der Waals surface area contributed by atoms with Gasteiger partial charge >= 0.3 is 0 Å². The maximum Gasteiger partial charge on any atom is 0.146 e.